The highest BCUT2D eigenvalue weighted by atomic mass is 32.2. The van der Waals surface area contributed by atoms with Crippen LogP contribution in [0.25, 0.3) is 0 Å². The fraction of sp³-hybridized carbons (Fsp3) is 0.278. The number of carbonyl (C=O) groups excluding carboxylic acids is 1. The van der Waals surface area contributed by atoms with Crippen LogP contribution in [0.5, 0.6) is 0 Å². The first-order valence-corrected chi connectivity index (χ1v) is 9.03. The van der Waals surface area contributed by atoms with Gasteiger partial charge in [-0.25, -0.2) is 4.39 Å². The zero-order valence-electron chi connectivity index (χ0n) is 13.8. The van der Waals surface area contributed by atoms with E-state index in [4.69, 9.17) is 5.73 Å². The van der Waals surface area contributed by atoms with E-state index in [1.807, 2.05) is 6.92 Å². The molecule has 1 aromatic heterocycles. The molecule has 2 heterocycles. The number of anilines is 1. The smallest absolute Gasteiger partial charge is 0.274 e. The number of halogens is 1. The molecule has 1 amide bonds. The molecule has 1 atom stereocenters. The predicted octanol–water partition coefficient (Wildman–Crippen LogP) is 3.53. The van der Waals surface area contributed by atoms with E-state index in [9.17, 15) is 9.18 Å². The molecule has 0 aliphatic carbocycles. The van der Waals surface area contributed by atoms with Crippen molar-refractivity contribution in [3.8, 4) is 0 Å². The maximum atomic E-state index is 14.5. The number of nitrogens with one attached hydrogen (secondary N) is 1. The van der Waals surface area contributed by atoms with Crippen LogP contribution in [-0.2, 0) is 5.54 Å². The number of hydrogen-bond donors (Lipinski definition) is 2. The summed E-state index contributed by atoms with van der Waals surface area (Å²) < 4.78 is 14.5. The minimum Gasteiger partial charge on any atom is -0.379 e. The van der Waals surface area contributed by atoms with Crippen LogP contribution in [0.4, 0.5) is 10.1 Å². The van der Waals surface area contributed by atoms with Gasteiger partial charge in [0.2, 0.25) is 0 Å². The standard InChI is InChI=1S/C18H19FN4OS/c1-2-18(8-10-25-17(20)23-18)13-11-12(6-7-14(13)19)22-16(24)15-5-3-4-9-21-15/h3-7,9,11H,2,8,10H2,1H3,(H2,20,23)(H,22,24)/t18-/m0/s1. The summed E-state index contributed by atoms with van der Waals surface area (Å²) in [5.41, 5.74) is 6.45. The molecule has 1 aromatic carbocycles. The Morgan fingerprint density at radius 1 is 1.40 bits per heavy atom. The molecule has 7 heteroatoms. The summed E-state index contributed by atoms with van der Waals surface area (Å²) in [6.45, 7) is 1.96. The number of aromatic nitrogens is 1. The Kier molecular flexibility index (Phi) is 5.03. The molecule has 2 aromatic rings. The molecule has 1 aliphatic heterocycles. The van der Waals surface area contributed by atoms with Crippen molar-refractivity contribution in [1.82, 2.24) is 4.98 Å². The zero-order chi connectivity index (χ0) is 17.9. The van der Waals surface area contributed by atoms with Gasteiger partial charge in [-0.3, -0.25) is 14.8 Å². The Bertz CT molecular complexity index is 812. The monoisotopic (exact) mass is 358 g/mol. The van der Waals surface area contributed by atoms with Crippen LogP contribution < -0.4 is 11.1 Å². The summed E-state index contributed by atoms with van der Waals surface area (Å²) in [7, 11) is 0. The Hall–Kier alpha value is -2.41. The number of aliphatic imine (C=N–C) groups is 1. The van der Waals surface area contributed by atoms with Crippen molar-refractivity contribution in [3.63, 3.8) is 0 Å². The molecule has 0 saturated carbocycles. The largest absolute Gasteiger partial charge is 0.379 e. The third-order valence-corrected chi connectivity index (χ3v) is 5.09. The lowest BCUT2D eigenvalue weighted by Gasteiger charge is -2.33. The molecule has 130 valence electrons. The molecular weight excluding hydrogens is 339 g/mol. The fourth-order valence-corrected chi connectivity index (χ4v) is 3.80. The second-order valence-electron chi connectivity index (χ2n) is 5.80. The van der Waals surface area contributed by atoms with Crippen molar-refractivity contribution in [2.45, 2.75) is 25.3 Å². The van der Waals surface area contributed by atoms with Crippen molar-refractivity contribution in [2.75, 3.05) is 11.1 Å². The van der Waals surface area contributed by atoms with Crippen LogP contribution in [0.2, 0.25) is 0 Å². The molecule has 5 nitrogen and oxygen atoms in total. The maximum absolute atomic E-state index is 14.5. The van der Waals surface area contributed by atoms with Crippen LogP contribution >= 0.6 is 11.8 Å². The zero-order valence-corrected chi connectivity index (χ0v) is 14.6. The van der Waals surface area contributed by atoms with E-state index < -0.39 is 5.54 Å². The van der Waals surface area contributed by atoms with Gasteiger partial charge < -0.3 is 11.1 Å². The molecule has 0 spiro atoms. The van der Waals surface area contributed by atoms with Gasteiger partial charge in [-0.15, -0.1) is 0 Å². The average molecular weight is 358 g/mol. The van der Waals surface area contributed by atoms with Crippen LogP contribution in [0.3, 0.4) is 0 Å². The van der Waals surface area contributed by atoms with Crippen molar-refractivity contribution < 1.29 is 9.18 Å². The van der Waals surface area contributed by atoms with Crippen molar-refractivity contribution in [1.29, 1.82) is 0 Å². The number of amides is 1. The summed E-state index contributed by atoms with van der Waals surface area (Å²) in [5, 5.41) is 3.23. The molecular formula is C18H19FN4OS. The van der Waals surface area contributed by atoms with Crippen LogP contribution in [0, 0.1) is 5.82 Å². The van der Waals surface area contributed by atoms with Gasteiger partial charge in [-0.05, 0) is 43.2 Å². The summed E-state index contributed by atoms with van der Waals surface area (Å²) in [6.07, 6.45) is 2.88. The Balaban J connectivity index is 1.93. The number of nitrogens with two attached hydrogens (primary N) is 1. The van der Waals surface area contributed by atoms with Gasteiger partial charge in [0.1, 0.15) is 11.5 Å². The lowest BCUT2D eigenvalue weighted by molar-refractivity contribution is 0.102. The first-order chi connectivity index (χ1) is 12.0. The van der Waals surface area contributed by atoms with Gasteiger partial charge in [0, 0.05) is 23.2 Å². The molecule has 25 heavy (non-hydrogen) atoms. The van der Waals surface area contributed by atoms with E-state index in [1.165, 1.54) is 23.9 Å². The quantitative estimate of drug-likeness (QED) is 0.876. The molecule has 0 unspecified atom stereocenters. The maximum Gasteiger partial charge on any atom is 0.274 e. The summed E-state index contributed by atoms with van der Waals surface area (Å²) in [6, 6.07) is 9.63. The number of carbonyl (C=O) groups is 1. The lowest BCUT2D eigenvalue weighted by atomic mass is 9.84. The Labute approximate surface area is 149 Å². The van der Waals surface area contributed by atoms with Gasteiger partial charge in [-0.2, -0.15) is 0 Å². The molecule has 3 rings (SSSR count). The number of nitrogens with zero attached hydrogens (tertiary/aromatic N) is 2. The fourth-order valence-electron chi connectivity index (χ4n) is 2.92. The van der Waals surface area contributed by atoms with E-state index in [0.29, 0.717) is 35.0 Å². The van der Waals surface area contributed by atoms with Crippen molar-refractivity contribution in [3.05, 3.63) is 59.7 Å². The van der Waals surface area contributed by atoms with Gasteiger partial charge in [0.25, 0.3) is 5.91 Å². The molecule has 0 radical (unpaired) electrons. The van der Waals surface area contributed by atoms with E-state index in [1.54, 1.807) is 30.5 Å². The van der Waals surface area contributed by atoms with Gasteiger partial charge >= 0.3 is 0 Å². The highest BCUT2D eigenvalue weighted by Crippen LogP contribution is 2.40. The molecule has 0 saturated heterocycles. The molecule has 0 fully saturated rings. The topological polar surface area (TPSA) is 80.4 Å². The third-order valence-electron chi connectivity index (χ3n) is 4.30. The van der Waals surface area contributed by atoms with Crippen LogP contribution in [0.15, 0.2) is 47.6 Å². The summed E-state index contributed by atoms with van der Waals surface area (Å²) >= 11 is 1.48. The summed E-state index contributed by atoms with van der Waals surface area (Å²) in [5.74, 6) is 0.0969. The third kappa shape index (κ3) is 3.66. The molecule has 0 bridgehead atoms. The van der Waals surface area contributed by atoms with Crippen LogP contribution in [0.1, 0.15) is 35.8 Å². The van der Waals surface area contributed by atoms with Gasteiger partial charge in [0.15, 0.2) is 5.17 Å². The van der Waals surface area contributed by atoms with Crippen molar-refractivity contribution >= 4 is 28.5 Å². The first kappa shape index (κ1) is 17.4. The Morgan fingerprint density at radius 2 is 2.24 bits per heavy atom. The summed E-state index contributed by atoms with van der Waals surface area (Å²) in [4.78, 5) is 20.8. The highest BCUT2D eigenvalue weighted by molar-refractivity contribution is 8.13. The van der Waals surface area contributed by atoms with E-state index in [-0.39, 0.29) is 11.7 Å². The number of hydrogen-bond acceptors (Lipinski definition) is 5. The average Bonchev–Trinajstić information content (AvgIpc) is 2.64. The number of thioether (sulfide) groups is 1. The minimum absolute atomic E-state index is 0.301. The number of pyridine rings is 1. The van der Waals surface area contributed by atoms with E-state index in [2.05, 4.69) is 15.3 Å². The number of benzene rings is 1. The minimum atomic E-state index is -0.689. The van der Waals surface area contributed by atoms with Gasteiger partial charge in [-0.1, -0.05) is 24.8 Å². The Morgan fingerprint density at radius 3 is 2.92 bits per heavy atom. The lowest BCUT2D eigenvalue weighted by Crippen LogP contribution is -2.32. The number of amidine groups is 1. The van der Waals surface area contributed by atoms with E-state index >= 15 is 0 Å². The number of rotatable bonds is 4. The SMILES string of the molecule is CC[C@@]1(c2cc(NC(=O)c3ccccn3)ccc2F)CCSC(N)=N1. The van der Waals surface area contributed by atoms with Gasteiger partial charge in [0.05, 0.1) is 5.54 Å². The second-order valence-corrected chi connectivity index (χ2v) is 6.91. The molecule has 3 N–H and O–H groups in total. The normalized spacial score (nSPS) is 20.0. The van der Waals surface area contributed by atoms with Crippen molar-refractivity contribution in [2.24, 2.45) is 10.7 Å². The first-order valence-electron chi connectivity index (χ1n) is 8.04. The van der Waals surface area contributed by atoms with Crippen LogP contribution in [-0.4, -0.2) is 21.8 Å². The predicted molar refractivity (Wildman–Crippen MR) is 99.3 cm³/mol. The highest BCUT2D eigenvalue weighted by Gasteiger charge is 2.35. The second kappa shape index (κ2) is 7.23. The molecule has 1 aliphatic rings. The van der Waals surface area contributed by atoms with E-state index in [0.717, 1.165) is 5.75 Å².